The van der Waals surface area contributed by atoms with Crippen molar-refractivity contribution in [2.45, 2.75) is 32.9 Å². The van der Waals surface area contributed by atoms with Gasteiger partial charge in [0.2, 0.25) is 0 Å². The highest BCUT2D eigenvalue weighted by Crippen LogP contribution is 2.16. The van der Waals surface area contributed by atoms with E-state index in [0.29, 0.717) is 35.6 Å². The highest BCUT2D eigenvalue weighted by molar-refractivity contribution is 9.10. The van der Waals surface area contributed by atoms with Crippen LogP contribution in [0.25, 0.3) is 0 Å². The zero-order valence-corrected chi connectivity index (χ0v) is 12.9. The first-order valence-corrected chi connectivity index (χ1v) is 7.03. The summed E-state index contributed by atoms with van der Waals surface area (Å²) in [7, 11) is 0. The van der Waals surface area contributed by atoms with Crippen LogP contribution in [-0.2, 0) is 6.54 Å². The first-order chi connectivity index (χ1) is 8.95. The van der Waals surface area contributed by atoms with Gasteiger partial charge in [0.25, 0.3) is 5.56 Å². The molecular weight excluding hydrogens is 310 g/mol. The van der Waals surface area contributed by atoms with Gasteiger partial charge in [0.05, 0.1) is 24.5 Å². The van der Waals surface area contributed by atoms with E-state index in [2.05, 4.69) is 46.8 Å². The average Bonchev–Trinajstić information content (AvgIpc) is 2.33. The summed E-state index contributed by atoms with van der Waals surface area (Å²) in [5.74, 6) is 0.430. The molecule has 1 heterocycles. The molecule has 0 radical (unpaired) electrons. The third kappa shape index (κ3) is 4.80. The predicted octanol–water partition coefficient (Wildman–Crippen LogP) is 2.01. The van der Waals surface area contributed by atoms with Crippen molar-refractivity contribution in [3.8, 4) is 0 Å². The lowest BCUT2D eigenvalue weighted by molar-refractivity contribution is 0.161. The lowest BCUT2D eigenvalue weighted by Crippen LogP contribution is -2.26. The normalized spacial score (nSPS) is 12.5. The van der Waals surface area contributed by atoms with Crippen molar-refractivity contribution in [3.63, 3.8) is 0 Å². The number of halogens is 1. The maximum absolute atomic E-state index is 11.9. The minimum Gasteiger partial charge on any atom is -0.391 e. The van der Waals surface area contributed by atoms with Gasteiger partial charge in [-0.05, 0) is 28.3 Å². The van der Waals surface area contributed by atoms with Gasteiger partial charge in [-0.3, -0.25) is 4.79 Å². The van der Waals surface area contributed by atoms with E-state index < -0.39 is 6.10 Å². The Balaban J connectivity index is 2.72. The van der Waals surface area contributed by atoms with Crippen molar-refractivity contribution in [1.82, 2.24) is 9.78 Å². The minimum atomic E-state index is -0.442. The molecular formula is C13H20BrN3O2. The molecule has 0 aliphatic heterocycles. The summed E-state index contributed by atoms with van der Waals surface area (Å²) in [5, 5.41) is 16.8. The fourth-order valence-electron chi connectivity index (χ4n) is 1.70. The summed E-state index contributed by atoms with van der Waals surface area (Å²) in [6.07, 6.45) is 3.45. The number of nitrogens with zero attached hydrogens (tertiary/aromatic N) is 2. The van der Waals surface area contributed by atoms with Gasteiger partial charge < -0.3 is 10.4 Å². The van der Waals surface area contributed by atoms with Crippen LogP contribution in [0.2, 0.25) is 0 Å². The van der Waals surface area contributed by atoms with E-state index >= 15 is 0 Å². The maximum atomic E-state index is 11.9. The monoisotopic (exact) mass is 329 g/mol. The average molecular weight is 330 g/mol. The molecule has 1 aromatic heterocycles. The molecule has 0 amide bonds. The summed E-state index contributed by atoms with van der Waals surface area (Å²) < 4.78 is 1.73. The third-order valence-corrected chi connectivity index (χ3v) is 3.32. The number of hydrogen-bond donors (Lipinski definition) is 2. The van der Waals surface area contributed by atoms with Crippen LogP contribution >= 0.6 is 15.9 Å². The fraction of sp³-hybridized carbons (Fsp3) is 0.538. The second-order valence-electron chi connectivity index (χ2n) is 4.81. The lowest BCUT2D eigenvalue weighted by atomic mass is 10.1. The number of anilines is 1. The molecule has 19 heavy (non-hydrogen) atoms. The van der Waals surface area contributed by atoms with Gasteiger partial charge in [-0.1, -0.05) is 19.9 Å². The number of rotatable bonds is 7. The Morgan fingerprint density at radius 1 is 1.63 bits per heavy atom. The zero-order chi connectivity index (χ0) is 14.4. The molecule has 0 spiro atoms. The first kappa shape index (κ1) is 15.9. The Labute approximate surface area is 121 Å². The third-order valence-electron chi connectivity index (χ3n) is 2.56. The summed E-state index contributed by atoms with van der Waals surface area (Å²) in [4.78, 5) is 11.9. The number of aliphatic hydroxyl groups excluding tert-OH is 1. The zero-order valence-electron chi connectivity index (χ0n) is 11.3. The number of nitrogens with one attached hydrogen (secondary N) is 1. The van der Waals surface area contributed by atoms with Gasteiger partial charge in [-0.2, -0.15) is 5.10 Å². The molecule has 1 aromatic rings. The van der Waals surface area contributed by atoms with Gasteiger partial charge >= 0.3 is 0 Å². The van der Waals surface area contributed by atoms with Crippen molar-refractivity contribution >= 4 is 21.6 Å². The first-order valence-electron chi connectivity index (χ1n) is 6.24. The van der Waals surface area contributed by atoms with Crippen LogP contribution in [0.1, 0.15) is 20.3 Å². The predicted molar refractivity (Wildman–Crippen MR) is 80.3 cm³/mol. The van der Waals surface area contributed by atoms with Crippen LogP contribution < -0.4 is 10.9 Å². The fourth-order valence-corrected chi connectivity index (χ4v) is 2.14. The molecule has 6 heteroatoms. The molecule has 0 bridgehead atoms. The molecule has 0 saturated carbocycles. The Bertz CT molecular complexity index is 485. The van der Waals surface area contributed by atoms with E-state index in [1.807, 2.05) is 0 Å². The molecule has 106 valence electrons. The van der Waals surface area contributed by atoms with E-state index in [1.165, 1.54) is 4.68 Å². The van der Waals surface area contributed by atoms with Gasteiger partial charge in [-0.15, -0.1) is 6.58 Å². The Hall–Kier alpha value is -1.14. The van der Waals surface area contributed by atoms with E-state index in [4.69, 9.17) is 0 Å². The van der Waals surface area contributed by atoms with Gasteiger partial charge in [0, 0.05) is 6.54 Å². The number of aliphatic hydroxyl groups is 1. The van der Waals surface area contributed by atoms with Crippen LogP contribution in [0.15, 0.2) is 28.1 Å². The van der Waals surface area contributed by atoms with E-state index in [9.17, 15) is 9.90 Å². The molecule has 0 fully saturated rings. The second-order valence-corrected chi connectivity index (χ2v) is 5.61. The molecule has 1 unspecified atom stereocenters. The smallest absolute Gasteiger partial charge is 0.283 e. The van der Waals surface area contributed by atoms with Crippen LogP contribution in [0, 0.1) is 5.92 Å². The molecule has 0 aliphatic carbocycles. The van der Waals surface area contributed by atoms with Crippen molar-refractivity contribution in [2.75, 3.05) is 11.9 Å². The Morgan fingerprint density at radius 2 is 2.32 bits per heavy atom. The van der Waals surface area contributed by atoms with E-state index in [0.717, 1.165) is 0 Å². The summed E-state index contributed by atoms with van der Waals surface area (Å²) in [5.41, 5.74) is 0.372. The van der Waals surface area contributed by atoms with E-state index in [1.54, 1.807) is 12.3 Å². The van der Waals surface area contributed by atoms with Gasteiger partial charge in [-0.25, -0.2) is 4.68 Å². The minimum absolute atomic E-state index is 0.219. The highest BCUT2D eigenvalue weighted by atomic mass is 79.9. The molecule has 0 aromatic carbocycles. The van der Waals surface area contributed by atoms with Gasteiger partial charge in [0.15, 0.2) is 0 Å². The quantitative estimate of drug-likeness (QED) is 0.751. The van der Waals surface area contributed by atoms with Gasteiger partial charge in [0.1, 0.15) is 4.47 Å². The van der Waals surface area contributed by atoms with Crippen molar-refractivity contribution in [1.29, 1.82) is 0 Å². The SMILES string of the molecule is C=CCn1ncc(NCC(O)CC(C)C)c(Br)c1=O. The lowest BCUT2D eigenvalue weighted by Gasteiger charge is -2.15. The van der Waals surface area contributed by atoms with Crippen molar-refractivity contribution < 1.29 is 5.11 Å². The second kappa shape index (κ2) is 7.45. The molecule has 5 nitrogen and oxygen atoms in total. The van der Waals surface area contributed by atoms with Crippen LogP contribution in [0.4, 0.5) is 5.69 Å². The molecule has 0 saturated heterocycles. The Kier molecular flexibility index (Phi) is 6.24. The van der Waals surface area contributed by atoms with Crippen LogP contribution in [0.3, 0.4) is 0 Å². The maximum Gasteiger partial charge on any atom is 0.283 e. The van der Waals surface area contributed by atoms with Crippen molar-refractivity contribution in [2.24, 2.45) is 5.92 Å². The molecule has 1 rings (SSSR count). The standard InChI is InChI=1S/C13H20BrN3O2/c1-4-5-17-13(19)12(14)11(8-16-17)15-7-10(18)6-9(2)3/h4,8-10,15,18H,1,5-7H2,2-3H3. The number of hydrogen-bond acceptors (Lipinski definition) is 4. The largest absolute Gasteiger partial charge is 0.391 e. The van der Waals surface area contributed by atoms with Crippen LogP contribution in [-0.4, -0.2) is 27.5 Å². The van der Waals surface area contributed by atoms with Crippen molar-refractivity contribution in [3.05, 3.63) is 33.7 Å². The molecule has 1 atom stereocenters. The summed E-state index contributed by atoms with van der Waals surface area (Å²) >= 11 is 3.25. The highest BCUT2D eigenvalue weighted by Gasteiger charge is 2.11. The molecule has 2 N–H and O–H groups in total. The topological polar surface area (TPSA) is 67.2 Å². The molecule has 0 aliphatic rings. The summed E-state index contributed by atoms with van der Waals surface area (Å²) in [6.45, 7) is 8.44. The Morgan fingerprint density at radius 3 is 2.89 bits per heavy atom. The van der Waals surface area contributed by atoms with Crippen LogP contribution in [0.5, 0.6) is 0 Å². The number of aromatic nitrogens is 2. The summed E-state index contributed by atoms with van der Waals surface area (Å²) in [6, 6.07) is 0. The number of allylic oxidation sites excluding steroid dienone is 1. The van der Waals surface area contributed by atoms with E-state index in [-0.39, 0.29) is 5.56 Å².